The molecule has 1 fully saturated rings. The first kappa shape index (κ1) is 11.2. The van der Waals surface area contributed by atoms with Crippen LogP contribution in [0.1, 0.15) is 0 Å². The van der Waals surface area contributed by atoms with E-state index < -0.39 is 0 Å². The molecule has 0 spiro atoms. The van der Waals surface area contributed by atoms with E-state index in [0.717, 1.165) is 13.1 Å². The normalized spacial score (nSPS) is 25.0. The lowest BCUT2D eigenvalue weighted by Gasteiger charge is -2.24. The molecule has 1 amide bonds. The topological polar surface area (TPSA) is 68.8 Å². The molecule has 2 aliphatic heterocycles. The second-order valence-corrected chi connectivity index (χ2v) is 3.61. The Bertz CT molecular complexity index is 274. The van der Waals surface area contributed by atoms with Crippen molar-refractivity contribution < 1.29 is 19.0 Å². The van der Waals surface area contributed by atoms with Crippen LogP contribution in [-0.2, 0) is 19.0 Å². The summed E-state index contributed by atoms with van der Waals surface area (Å²) in [5, 5.41) is 5.94. The fourth-order valence-electron chi connectivity index (χ4n) is 1.53. The summed E-state index contributed by atoms with van der Waals surface area (Å²) in [6.45, 7) is 3.70. The van der Waals surface area contributed by atoms with Gasteiger partial charge < -0.3 is 24.8 Å². The Morgan fingerprint density at radius 2 is 2.44 bits per heavy atom. The van der Waals surface area contributed by atoms with Crippen LogP contribution in [0.3, 0.4) is 0 Å². The average molecular weight is 228 g/mol. The van der Waals surface area contributed by atoms with Gasteiger partial charge in [-0.05, 0) is 0 Å². The van der Waals surface area contributed by atoms with Gasteiger partial charge >= 0.3 is 0 Å². The van der Waals surface area contributed by atoms with Crippen molar-refractivity contribution in [2.45, 2.75) is 6.10 Å². The summed E-state index contributed by atoms with van der Waals surface area (Å²) in [4.78, 5) is 11.6. The van der Waals surface area contributed by atoms with Crippen molar-refractivity contribution in [3.8, 4) is 0 Å². The number of carbonyl (C=O) groups excluding carboxylic acids is 1. The number of morpholine rings is 1. The number of amides is 1. The maximum absolute atomic E-state index is 11.6. The van der Waals surface area contributed by atoms with Crippen molar-refractivity contribution in [2.75, 3.05) is 39.5 Å². The SMILES string of the molecule is O=C(NCC1CNCCO1)C1=COCCO1. The third-order valence-corrected chi connectivity index (χ3v) is 2.37. The fourth-order valence-corrected chi connectivity index (χ4v) is 1.53. The molecule has 0 aromatic heterocycles. The number of rotatable bonds is 3. The van der Waals surface area contributed by atoms with Crippen LogP contribution in [-0.4, -0.2) is 51.5 Å². The van der Waals surface area contributed by atoms with Gasteiger partial charge in [-0.1, -0.05) is 0 Å². The number of hydrogen-bond acceptors (Lipinski definition) is 5. The van der Waals surface area contributed by atoms with Gasteiger partial charge in [0.15, 0.2) is 0 Å². The van der Waals surface area contributed by atoms with E-state index in [1.54, 1.807) is 0 Å². The van der Waals surface area contributed by atoms with Gasteiger partial charge in [0.2, 0.25) is 5.76 Å². The van der Waals surface area contributed by atoms with E-state index in [2.05, 4.69) is 10.6 Å². The third kappa shape index (κ3) is 3.11. The molecule has 1 unspecified atom stereocenters. The number of nitrogens with one attached hydrogen (secondary N) is 2. The minimum absolute atomic E-state index is 0.0304. The van der Waals surface area contributed by atoms with Crippen LogP contribution in [0.4, 0.5) is 0 Å². The van der Waals surface area contributed by atoms with Gasteiger partial charge in [-0.3, -0.25) is 4.79 Å². The molecule has 0 bridgehead atoms. The molecule has 2 heterocycles. The molecule has 2 N–H and O–H groups in total. The van der Waals surface area contributed by atoms with Crippen LogP contribution in [0.5, 0.6) is 0 Å². The highest BCUT2D eigenvalue weighted by Gasteiger charge is 2.18. The quantitative estimate of drug-likeness (QED) is 0.647. The smallest absolute Gasteiger partial charge is 0.289 e. The molecule has 0 aromatic carbocycles. The lowest BCUT2D eigenvalue weighted by Crippen LogP contribution is -2.45. The molecule has 0 radical (unpaired) electrons. The van der Waals surface area contributed by atoms with Gasteiger partial charge in [-0.15, -0.1) is 0 Å². The first-order chi connectivity index (χ1) is 7.86. The van der Waals surface area contributed by atoms with E-state index in [1.165, 1.54) is 6.26 Å². The van der Waals surface area contributed by atoms with Crippen LogP contribution < -0.4 is 10.6 Å². The molecule has 1 atom stereocenters. The summed E-state index contributed by atoms with van der Waals surface area (Å²) >= 11 is 0. The molecule has 0 saturated carbocycles. The molecule has 6 nitrogen and oxygen atoms in total. The van der Waals surface area contributed by atoms with Crippen LogP contribution in [0.2, 0.25) is 0 Å². The number of hydrogen-bond donors (Lipinski definition) is 2. The van der Waals surface area contributed by atoms with Gasteiger partial charge in [-0.2, -0.15) is 0 Å². The zero-order chi connectivity index (χ0) is 11.2. The lowest BCUT2D eigenvalue weighted by atomic mass is 10.3. The molecule has 16 heavy (non-hydrogen) atoms. The van der Waals surface area contributed by atoms with Crippen molar-refractivity contribution >= 4 is 5.91 Å². The Hall–Kier alpha value is -1.27. The first-order valence-corrected chi connectivity index (χ1v) is 5.41. The van der Waals surface area contributed by atoms with Crippen LogP contribution >= 0.6 is 0 Å². The van der Waals surface area contributed by atoms with E-state index in [-0.39, 0.29) is 17.8 Å². The summed E-state index contributed by atoms with van der Waals surface area (Å²) in [5.41, 5.74) is 0. The monoisotopic (exact) mass is 228 g/mol. The van der Waals surface area contributed by atoms with Gasteiger partial charge in [0.1, 0.15) is 19.5 Å². The Morgan fingerprint density at radius 3 is 3.12 bits per heavy atom. The summed E-state index contributed by atoms with van der Waals surface area (Å²) in [6.07, 6.45) is 1.38. The zero-order valence-electron chi connectivity index (χ0n) is 9.03. The molecule has 0 aromatic rings. The molecule has 6 heteroatoms. The highest BCUT2D eigenvalue weighted by atomic mass is 16.6. The highest BCUT2D eigenvalue weighted by molar-refractivity contribution is 5.91. The minimum Gasteiger partial charge on any atom is -0.494 e. The lowest BCUT2D eigenvalue weighted by molar-refractivity contribution is -0.123. The Kier molecular flexibility index (Phi) is 4.01. The predicted octanol–water partition coefficient (Wildman–Crippen LogP) is -1.02. The number of carbonyl (C=O) groups is 1. The Labute approximate surface area is 93.9 Å². The van der Waals surface area contributed by atoms with E-state index >= 15 is 0 Å². The van der Waals surface area contributed by atoms with Crippen molar-refractivity contribution in [3.05, 3.63) is 12.0 Å². The maximum Gasteiger partial charge on any atom is 0.289 e. The summed E-state index contributed by atoms with van der Waals surface area (Å²) in [6, 6.07) is 0. The fraction of sp³-hybridized carbons (Fsp3) is 0.700. The van der Waals surface area contributed by atoms with Crippen LogP contribution in [0.25, 0.3) is 0 Å². The minimum atomic E-state index is -0.256. The van der Waals surface area contributed by atoms with Crippen molar-refractivity contribution in [1.29, 1.82) is 0 Å². The molecule has 0 aliphatic carbocycles. The highest BCUT2D eigenvalue weighted by Crippen LogP contribution is 2.04. The Balaban J connectivity index is 1.72. The standard InChI is InChI=1S/C10H16N2O4/c13-10(9-7-14-3-4-16-9)12-6-8-5-11-1-2-15-8/h7-8,11H,1-6H2,(H,12,13). The second-order valence-electron chi connectivity index (χ2n) is 3.61. The van der Waals surface area contributed by atoms with E-state index in [9.17, 15) is 4.79 Å². The van der Waals surface area contributed by atoms with Crippen molar-refractivity contribution in [3.63, 3.8) is 0 Å². The molecular formula is C10H16N2O4. The maximum atomic E-state index is 11.6. The van der Waals surface area contributed by atoms with Gasteiger partial charge in [0.05, 0.1) is 12.7 Å². The summed E-state index contributed by atoms with van der Waals surface area (Å²) < 4.78 is 15.6. The largest absolute Gasteiger partial charge is 0.494 e. The molecule has 2 aliphatic rings. The van der Waals surface area contributed by atoms with Gasteiger partial charge in [0.25, 0.3) is 5.91 Å². The predicted molar refractivity (Wildman–Crippen MR) is 55.6 cm³/mol. The van der Waals surface area contributed by atoms with Crippen molar-refractivity contribution in [2.24, 2.45) is 0 Å². The molecule has 90 valence electrons. The zero-order valence-corrected chi connectivity index (χ0v) is 9.03. The van der Waals surface area contributed by atoms with Gasteiger partial charge in [-0.25, -0.2) is 0 Å². The molecular weight excluding hydrogens is 212 g/mol. The third-order valence-electron chi connectivity index (χ3n) is 2.37. The number of ether oxygens (including phenoxy) is 3. The first-order valence-electron chi connectivity index (χ1n) is 5.41. The Morgan fingerprint density at radius 1 is 1.50 bits per heavy atom. The van der Waals surface area contributed by atoms with Crippen LogP contribution in [0, 0.1) is 0 Å². The van der Waals surface area contributed by atoms with E-state index in [1.807, 2.05) is 0 Å². The van der Waals surface area contributed by atoms with Crippen LogP contribution in [0.15, 0.2) is 12.0 Å². The van der Waals surface area contributed by atoms with Gasteiger partial charge in [0, 0.05) is 19.6 Å². The summed E-state index contributed by atoms with van der Waals surface area (Å²) in [5.74, 6) is -0.0242. The van der Waals surface area contributed by atoms with E-state index in [4.69, 9.17) is 14.2 Å². The average Bonchev–Trinajstić information content (AvgIpc) is 2.38. The van der Waals surface area contributed by atoms with Crippen molar-refractivity contribution in [1.82, 2.24) is 10.6 Å². The second kappa shape index (κ2) is 5.72. The summed E-state index contributed by atoms with van der Waals surface area (Å²) in [7, 11) is 0. The molecule has 2 rings (SSSR count). The molecule has 1 saturated heterocycles. The van der Waals surface area contributed by atoms with E-state index in [0.29, 0.717) is 26.4 Å².